The number of rotatable bonds is 6. The van der Waals surface area contributed by atoms with E-state index in [1.165, 1.54) is 0 Å². The zero-order chi connectivity index (χ0) is 13.7. The molecule has 1 heterocycles. The molecule has 19 heavy (non-hydrogen) atoms. The highest BCUT2D eigenvalue weighted by molar-refractivity contribution is 5.92. The van der Waals surface area contributed by atoms with E-state index in [4.69, 9.17) is 5.73 Å². The van der Waals surface area contributed by atoms with Crippen LogP contribution in [-0.4, -0.2) is 15.9 Å². The van der Waals surface area contributed by atoms with Gasteiger partial charge in [-0.15, -0.1) is 0 Å². The summed E-state index contributed by atoms with van der Waals surface area (Å²) in [5, 5.41) is 3.43. The van der Waals surface area contributed by atoms with Gasteiger partial charge in [0.1, 0.15) is 5.82 Å². The van der Waals surface area contributed by atoms with Crippen LogP contribution in [0.25, 0.3) is 0 Å². The van der Waals surface area contributed by atoms with Crippen LogP contribution in [0.2, 0.25) is 0 Å². The second-order valence-corrected chi connectivity index (χ2v) is 4.38. The maximum Gasteiger partial charge on any atom is 0.248 e. The molecule has 0 bridgehead atoms. The quantitative estimate of drug-likeness (QED) is 0.738. The Labute approximate surface area is 112 Å². The van der Waals surface area contributed by atoms with E-state index in [9.17, 15) is 4.79 Å². The van der Waals surface area contributed by atoms with Crippen LogP contribution in [0.5, 0.6) is 0 Å². The number of nitrogens with two attached hydrogens (primary N) is 1. The van der Waals surface area contributed by atoms with Gasteiger partial charge in [0.25, 0.3) is 0 Å². The van der Waals surface area contributed by atoms with Gasteiger partial charge in [-0.3, -0.25) is 4.79 Å². The minimum absolute atomic E-state index is 0.200. The Balaban J connectivity index is 1.96. The minimum Gasteiger partial charge on any atom is -0.366 e. The molecule has 1 atom stereocenters. The number of carbonyl (C=O) groups excluding carboxylic acids is 1. The van der Waals surface area contributed by atoms with Crippen molar-refractivity contribution in [3.8, 4) is 0 Å². The van der Waals surface area contributed by atoms with Gasteiger partial charge in [0.2, 0.25) is 5.91 Å². The molecule has 1 aromatic heterocycles. The lowest BCUT2D eigenvalue weighted by Gasteiger charge is -2.14. The highest BCUT2D eigenvalue weighted by Gasteiger charge is 2.10. The molecule has 2 rings (SSSR count). The van der Waals surface area contributed by atoms with Gasteiger partial charge < -0.3 is 16.0 Å². The Hall–Kier alpha value is -2.14. The molecule has 0 fully saturated rings. The molecular weight excluding hydrogens is 240 g/mol. The summed E-state index contributed by atoms with van der Waals surface area (Å²) in [4.78, 5) is 18.3. The number of amides is 1. The zero-order valence-electron chi connectivity index (χ0n) is 10.9. The highest BCUT2D eigenvalue weighted by Crippen LogP contribution is 2.13. The van der Waals surface area contributed by atoms with Crippen molar-refractivity contribution in [1.29, 1.82) is 0 Å². The molecule has 1 unspecified atom stereocenters. The lowest BCUT2D eigenvalue weighted by Crippen LogP contribution is -2.21. The van der Waals surface area contributed by atoms with Crippen molar-refractivity contribution in [2.45, 2.75) is 25.9 Å². The summed E-state index contributed by atoms with van der Waals surface area (Å²) < 4.78 is 0. The van der Waals surface area contributed by atoms with E-state index in [2.05, 4.69) is 22.2 Å². The second kappa shape index (κ2) is 6.15. The molecule has 5 heteroatoms. The fraction of sp³-hybridized carbons (Fsp3) is 0.286. The molecule has 5 nitrogen and oxygen atoms in total. The lowest BCUT2D eigenvalue weighted by molar-refractivity contribution is 0.100. The van der Waals surface area contributed by atoms with Gasteiger partial charge in [0.15, 0.2) is 0 Å². The van der Waals surface area contributed by atoms with Crippen LogP contribution in [0.15, 0.2) is 36.7 Å². The van der Waals surface area contributed by atoms with Crippen LogP contribution in [-0.2, 0) is 6.54 Å². The molecule has 0 radical (unpaired) electrons. The summed E-state index contributed by atoms with van der Waals surface area (Å²) in [7, 11) is 0. The van der Waals surface area contributed by atoms with E-state index >= 15 is 0 Å². The van der Waals surface area contributed by atoms with Crippen molar-refractivity contribution < 1.29 is 4.79 Å². The van der Waals surface area contributed by atoms with Gasteiger partial charge in [0.05, 0.1) is 6.04 Å². The van der Waals surface area contributed by atoms with Gasteiger partial charge in [0, 0.05) is 24.5 Å². The molecule has 0 saturated heterocycles. The first-order valence-electron chi connectivity index (χ1n) is 6.32. The topological polar surface area (TPSA) is 83.8 Å². The predicted octanol–water partition coefficient (Wildman–Crippen LogP) is 1.75. The van der Waals surface area contributed by atoms with Crippen LogP contribution >= 0.6 is 0 Å². The van der Waals surface area contributed by atoms with Crippen molar-refractivity contribution in [1.82, 2.24) is 15.3 Å². The lowest BCUT2D eigenvalue weighted by atomic mass is 10.1. The number of nitrogens with zero attached hydrogens (tertiary/aromatic N) is 1. The van der Waals surface area contributed by atoms with Crippen molar-refractivity contribution in [2.24, 2.45) is 5.73 Å². The van der Waals surface area contributed by atoms with Crippen molar-refractivity contribution in [2.75, 3.05) is 0 Å². The van der Waals surface area contributed by atoms with Crippen molar-refractivity contribution in [3.63, 3.8) is 0 Å². The largest absolute Gasteiger partial charge is 0.366 e. The molecule has 0 aliphatic heterocycles. The number of nitrogens with one attached hydrogen (secondary N) is 2. The number of imidazole rings is 1. The number of H-pyrrole nitrogens is 1. The van der Waals surface area contributed by atoms with E-state index in [0.717, 1.165) is 24.4 Å². The highest BCUT2D eigenvalue weighted by atomic mass is 16.1. The number of carbonyl (C=O) groups is 1. The Bertz CT molecular complexity index is 519. The monoisotopic (exact) mass is 258 g/mol. The van der Waals surface area contributed by atoms with Crippen LogP contribution < -0.4 is 11.1 Å². The summed E-state index contributed by atoms with van der Waals surface area (Å²) in [5.74, 6) is 0.540. The molecule has 0 spiro atoms. The fourth-order valence-electron chi connectivity index (χ4n) is 1.93. The third-order valence-electron chi connectivity index (χ3n) is 3.05. The summed E-state index contributed by atoms with van der Waals surface area (Å²) in [6.07, 6.45) is 4.52. The van der Waals surface area contributed by atoms with Crippen LogP contribution in [0.3, 0.4) is 0 Å². The first-order valence-corrected chi connectivity index (χ1v) is 6.32. The maximum atomic E-state index is 11.0. The molecule has 100 valence electrons. The number of primary amides is 1. The number of benzene rings is 1. The van der Waals surface area contributed by atoms with Gasteiger partial charge in [-0.2, -0.15) is 0 Å². The summed E-state index contributed by atoms with van der Waals surface area (Å²) in [6.45, 7) is 2.83. The Morgan fingerprint density at radius 2 is 2.16 bits per heavy atom. The van der Waals surface area contributed by atoms with Crippen LogP contribution in [0.4, 0.5) is 0 Å². The summed E-state index contributed by atoms with van der Waals surface area (Å²) in [6, 6.07) is 7.50. The molecule has 4 N–H and O–H groups in total. The third kappa shape index (κ3) is 3.42. The maximum absolute atomic E-state index is 11.0. The molecule has 1 aromatic carbocycles. The van der Waals surface area contributed by atoms with Crippen LogP contribution in [0.1, 0.15) is 41.1 Å². The zero-order valence-corrected chi connectivity index (χ0v) is 10.9. The van der Waals surface area contributed by atoms with E-state index < -0.39 is 5.91 Å². The SMILES string of the molecule is CCC(NCc1ccc(C(N)=O)cc1)c1ncc[nH]1. The van der Waals surface area contributed by atoms with E-state index in [0.29, 0.717) is 5.56 Å². The van der Waals surface area contributed by atoms with E-state index in [1.54, 1.807) is 18.3 Å². The first kappa shape index (κ1) is 13.3. The van der Waals surface area contributed by atoms with Gasteiger partial charge >= 0.3 is 0 Å². The first-order chi connectivity index (χ1) is 9.20. The summed E-state index contributed by atoms with van der Waals surface area (Å²) >= 11 is 0. The van der Waals surface area contributed by atoms with E-state index in [1.807, 2.05) is 18.3 Å². The van der Waals surface area contributed by atoms with Gasteiger partial charge in [-0.1, -0.05) is 19.1 Å². The fourth-order valence-corrected chi connectivity index (χ4v) is 1.93. The number of aromatic amines is 1. The predicted molar refractivity (Wildman–Crippen MR) is 73.4 cm³/mol. The molecular formula is C14H18N4O. The van der Waals surface area contributed by atoms with Crippen LogP contribution in [0, 0.1) is 0 Å². The van der Waals surface area contributed by atoms with Gasteiger partial charge in [-0.05, 0) is 24.1 Å². The van der Waals surface area contributed by atoms with Crippen molar-refractivity contribution >= 4 is 5.91 Å². The Morgan fingerprint density at radius 3 is 2.68 bits per heavy atom. The third-order valence-corrected chi connectivity index (χ3v) is 3.05. The standard InChI is InChI=1S/C14H18N4O/c1-2-12(14-16-7-8-17-14)18-9-10-3-5-11(6-4-10)13(15)19/h3-8,12,18H,2,9H2,1H3,(H2,15,19)(H,16,17). The Kier molecular flexibility index (Phi) is 4.30. The van der Waals surface area contributed by atoms with E-state index in [-0.39, 0.29) is 6.04 Å². The second-order valence-electron chi connectivity index (χ2n) is 4.38. The average molecular weight is 258 g/mol. The average Bonchev–Trinajstić information content (AvgIpc) is 2.94. The number of hydrogen-bond donors (Lipinski definition) is 3. The Morgan fingerprint density at radius 1 is 1.42 bits per heavy atom. The molecule has 1 amide bonds. The smallest absolute Gasteiger partial charge is 0.248 e. The van der Waals surface area contributed by atoms with Crippen molar-refractivity contribution in [3.05, 3.63) is 53.6 Å². The van der Waals surface area contributed by atoms with Gasteiger partial charge in [-0.25, -0.2) is 4.98 Å². The molecule has 2 aromatic rings. The molecule has 0 aliphatic carbocycles. The molecule has 0 aliphatic rings. The number of aromatic nitrogens is 2. The molecule has 0 saturated carbocycles. The minimum atomic E-state index is -0.401. The number of hydrogen-bond acceptors (Lipinski definition) is 3. The normalized spacial score (nSPS) is 12.3. The summed E-state index contributed by atoms with van der Waals surface area (Å²) in [5.41, 5.74) is 6.84.